The van der Waals surface area contributed by atoms with E-state index >= 15 is 0 Å². The molecule has 0 saturated heterocycles. The van der Waals surface area contributed by atoms with Gasteiger partial charge in [-0.1, -0.05) is 18.1 Å². The summed E-state index contributed by atoms with van der Waals surface area (Å²) in [6.07, 6.45) is 7.04. The molecule has 0 aliphatic heterocycles. The van der Waals surface area contributed by atoms with E-state index in [0.29, 0.717) is 5.41 Å². The first kappa shape index (κ1) is 9.26. The molecule has 0 radical (unpaired) electrons. The highest BCUT2D eigenvalue weighted by atomic mass is 16.3. The third kappa shape index (κ3) is 1.54. The Morgan fingerprint density at radius 3 is 2.92 bits per heavy atom. The van der Waals surface area contributed by atoms with Crippen molar-refractivity contribution >= 4 is 0 Å². The van der Waals surface area contributed by atoms with Crippen molar-refractivity contribution in [3.05, 3.63) is 11.1 Å². The van der Waals surface area contributed by atoms with E-state index in [1.165, 1.54) is 25.7 Å². The lowest BCUT2D eigenvalue weighted by Gasteiger charge is -2.43. The monoisotopic (exact) mass is 180 g/mol. The predicted molar refractivity (Wildman–Crippen MR) is 54.5 cm³/mol. The van der Waals surface area contributed by atoms with Gasteiger partial charge in [0.2, 0.25) is 0 Å². The van der Waals surface area contributed by atoms with Gasteiger partial charge in [-0.05, 0) is 50.9 Å². The standard InChI is InChI=1S/C12H20O/c1-9-4-3-6-12(2)7-5-10(13)8-11(9)12/h10,13H,3-8H2,1-2H3. The molecule has 1 nitrogen and oxygen atoms in total. The second-order valence-electron chi connectivity index (χ2n) is 5.07. The van der Waals surface area contributed by atoms with Gasteiger partial charge in [-0.3, -0.25) is 0 Å². The summed E-state index contributed by atoms with van der Waals surface area (Å²) < 4.78 is 0. The van der Waals surface area contributed by atoms with Crippen molar-refractivity contribution in [2.24, 2.45) is 5.41 Å². The molecule has 1 saturated carbocycles. The lowest BCUT2D eigenvalue weighted by molar-refractivity contribution is 0.102. The summed E-state index contributed by atoms with van der Waals surface area (Å²) in [6, 6.07) is 0. The molecule has 2 aliphatic carbocycles. The van der Waals surface area contributed by atoms with Crippen LogP contribution in [0.25, 0.3) is 0 Å². The Bertz CT molecular complexity index is 242. The smallest absolute Gasteiger partial charge is 0.0577 e. The highest BCUT2D eigenvalue weighted by Gasteiger charge is 2.37. The fourth-order valence-corrected chi connectivity index (χ4v) is 3.08. The Kier molecular flexibility index (Phi) is 2.23. The van der Waals surface area contributed by atoms with Crippen LogP contribution in [-0.4, -0.2) is 11.2 Å². The second-order valence-corrected chi connectivity index (χ2v) is 5.07. The zero-order valence-electron chi connectivity index (χ0n) is 8.77. The van der Waals surface area contributed by atoms with Crippen LogP contribution in [0.4, 0.5) is 0 Å². The van der Waals surface area contributed by atoms with Crippen LogP contribution >= 0.6 is 0 Å². The highest BCUT2D eigenvalue weighted by Crippen LogP contribution is 2.49. The number of aliphatic hydroxyl groups excluding tert-OH is 1. The average molecular weight is 180 g/mol. The molecule has 2 rings (SSSR count). The van der Waals surface area contributed by atoms with Crippen molar-refractivity contribution in [1.29, 1.82) is 0 Å². The molecule has 1 fully saturated rings. The van der Waals surface area contributed by atoms with Crippen LogP contribution in [0.3, 0.4) is 0 Å². The van der Waals surface area contributed by atoms with Crippen molar-refractivity contribution in [2.75, 3.05) is 0 Å². The molecule has 0 aromatic heterocycles. The first-order chi connectivity index (χ1) is 6.12. The van der Waals surface area contributed by atoms with Crippen LogP contribution in [0.5, 0.6) is 0 Å². The van der Waals surface area contributed by atoms with Crippen molar-refractivity contribution in [3.8, 4) is 0 Å². The highest BCUT2D eigenvalue weighted by molar-refractivity contribution is 5.25. The maximum absolute atomic E-state index is 9.65. The van der Waals surface area contributed by atoms with E-state index in [9.17, 15) is 5.11 Å². The topological polar surface area (TPSA) is 20.2 Å². The molecule has 2 unspecified atom stereocenters. The summed E-state index contributed by atoms with van der Waals surface area (Å²) in [5, 5.41) is 9.65. The summed E-state index contributed by atoms with van der Waals surface area (Å²) in [6.45, 7) is 4.64. The molecule has 0 bridgehead atoms. The SMILES string of the molecule is CC1=C2CC(O)CCC2(C)CCC1. The summed E-state index contributed by atoms with van der Waals surface area (Å²) in [5.74, 6) is 0. The number of rotatable bonds is 0. The molecular weight excluding hydrogens is 160 g/mol. The van der Waals surface area contributed by atoms with Gasteiger partial charge >= 0.3 is 0 Å². The molecule has 74 valence electrons. The van der Waals surface area contributed by atoms with E-state index in [0.717, 1.165) is 12.8 Å². The van der Waals surface area contributed by atoms with Crippen molar-refractivity contribution < 1.29 is 5.11 Å². The minimum absolute atomic E-state index is 0.0591. The number of fused-ring (bicyclic) bond motifs is 1. The van der Waals surface area contributed by atoms with Crippen LogP contribution in [0.15, 0.2) is 11.1 Å². The molecule has 0 aromatic rings. The van der Waals surface area contributed by atoms with E-state index in [1.54, 1.807) is 11.1 Å². The minimum Gasteiger partial charge on any atom is -0.393 e. The molecule has 13 heavy (non-hydrogen) atoms. The maximum atomic E-state index is 9.65. The van der Waals surface area contributed by atoms with Crippen molar-refractivity contribution in [2.45, 2.75) is 58.5 Å². The van der Waals surface area contributed by atoms with Gasteiger partial charge < -0.3 is 5.11 Å². The molecule has 1 N–H and O–H groups in total. The van der Waals surface area contributed by atoms with Gasteiger partial charge in [0.15, 0.2) is 0 Å². The largest absolute Gasteiger partial charge is 0.393 e. The molecule has 2 atom stereocenters. The zero-order chi connectivity index (χ0) is 9.47. The lowest BCUT2D eigenvalue weighted by Crippen LogP contribution is -2.32. The average Bonchev–Trinajstić information content (AvgIpc) is 2.08. The molecular formula is C12H20O. The van der Waals surface area contributed by atoms with E-state index in [-0.39, 0.29) is 6.10 Å². The summed E-state index contributed by atoms with van der Waals surface area (Å²) in [5.41, 5.74) is 3.59. The normalized spacial score (nSPS) is 40.4. The molecule has 0 aromatic carbocycles. The Hall–Kier alpha value is -0.300. The number of hydrogen-bond acceptors (Lipinski definition) is 1. The third-order valence-corrected chi connectivity index (χ3v) is 3.99. The number of hydrogen-bond donors (Lipinski definition) is 1. The Morgan fingerprint density at radius 1 is 1.38 bits per heavy atom. The summed E-state index contributed by atoms with van der Waals surface area (Å²) >= 11 is 0. The third-order valence-electron chi connectivity index (χ3n) is 3.99. The van der Waals surface area contributed by atoms with E-state index in [1.807, 2.05) is 0 Å². The fraction of sp³-hybridized carbons (Fsp3) is 0.833. The quantitative estimate of drug-likeness (QED) is 0.568. The summed E-state index contributed by atoms with van der Waals surface area (Å²) in [4.78, 5) is 0. The van der Waals surface area contributed by atoms with Crippen molar-refractivity contribution in [1.82, 2.24) is 0 Å². The Balaban J connectivity index is 2.30. The van der Waals surface area contributed by atoms with Gasteiger partial charge in [-0.15, -0.1) is 0 Å². The van der Waals surface area contributed by atoms with E-state index in [4.69, 9.17) is 0 Å². The zero-order valence-corrected chi connectivity index (χ0v) is 8.77. The Labute approximate surface area is 80.8 Å². The molecule has 0 spiro atoms. The number of allylic oxidation sites excluding steroid dienone is 1. The molecule has 2 aliphatic rings. The first-order valence-electron chi connectivity index (χ1n) is 5.49. The van der Waals surface area contributed by atoms with Gasteiger partial charge in [0.05, 0.1) is 6.10 Å². The first-order valence-corrected chi connectivity index (χ1v) is 5.49. The van der Waals surface area contributed by atoms with Crippen LogP contribution in [-0.2, 0) is 0 Å². The van der Waals surface area contributed by atoms with Gasteiger partial charge in [0.25, 0.3) is 0 Å². The predicted octanol–water partition coefficient (Wildman–Crippen LogP) is 3.04. The molecule has 0 heterocycles. The molecule has 1 heteroatoms. The Morgan fingerprint density at radius 2 is 2.15 bits per heavy atom. The summed E-state index contributed by atoms with van der Waals surface area (Å²) in [7, 11) is 0. The van der Waals surface area contributed by atoms with E-state index in [2.05, 4.69) is 13.8 Å². The second kappa shape index (κ2) is 3.13. The van der Waals surface area contributed by atoms with Crippen LogP contribution in [0, 0.1) is 5.41 Å². The van der Waals surface area contributed by atoms with Crippen molar-refractivity contribution in [3.63, 3.8) is 0 Å². The van der Waals surface area contributed by atoms with Crippen LogP contribution in [0.2, 0.25) is 0 Å². The molecule has 0 amide bonds. The van der Waals surface area contributed by atoms with E-state index < -0.39 is 0 Å². The van der Waals surface area contributed by atoms with Crippen LogP contribution < -0.4 is 0 Å². The van der Waals surface area contributed by atoms with Gasteiger partial charge in [-0.25, -0.2) is 0 Å². The van der Waals surface area contributed by atoms with Gasteiger partial charge in [0, 0.05) is 0 Å². The lowest BCUT2D eigenvalue weighted by atomic mass is 9.63. The van der Waals surface area contributed by atoms with Gasteiger partial charge in [-0.2, -0.15) is 0 Å². The van der Waals surface area contributed by atoms with Crippen LogP contribution in [0.1, 0.15) is 52.4 Å². The minimum atomic E-state index is -0.0591. The number of aliphatic hydroxyl groups is 1. The fourth-order valence-electron chi connectivity index (χ4n) is 3.08. The maximum Gasteiger partial charge on any atom is 0.0577 e. The van der Waals surface area contributed by atoms with Gasteiger partial charge in [0.1, 0.15) is 0 Å².